The summed E-state index contributed by atoms with van der Waals surface area (Å²) in [6.45, 7) is 19.6. The number of hydrogen-bond donors (Lipinski definition) is 3. The lowest BCUT2D eigenvalue weighted by Gasteiger charge is -2.42. The summed E-state index contributed by atoms with van der Waals surface area (Å²) >= 11 is 0. The van der Waals surface area contributed by atoms with Gasteiger partial charge < -0.3 is 48.6 Å². The topological polar surface area (TPSA) is 208 Å². The largest absolute Gasteiger partial charge is 0.460 e. The molecule has 4 aliphatic heterocycles. The molecule has 1 amide bonds. The molecular formula is C61H96N2O14. The van der Waals surface area contributed by atoms with Crippen molar-refractivity contribution in [1.29, 1.82) is 0 Å². The molecule has 15 atom stereocenters. The maximum Gasteiger partial charge on any atom is 0.329 e. The number of rotatable bonds is 11. The molecule has 3 saturated heterocycles. The normalized spacial score (nSPS) is 37.6. The van der Waals surface area contributed by atoms with Gasteiger partial charge in [0.15, 0.2) is 0 Å². The second-order valence-corrected chi connectivity index (χ2v) is 23.5. The number of methoxy groups -OCH3 is 3. The Hall–Kier alpha value is -3.87. The molecule has 5 aliphatic rings. The summed E-state index contributed by atoms with van der Waals surface area (Å²) in [7, 11) is 4.74. The van der Waals surface area contributed by atoms with Crippen LogP contribution in [0.5, 0.6) is 0 Å². The summed E-state index contributed by atoms with van der Waals surface area (Å²) in [6.07, 6.45) is 15.3. The van der Waals surface area contributed by atoms with E-state index in [4.69, 9.17) is 28.4 Å². The molecule has 0 radical (unpaired) electrons. The van der Waals surface area contributed by atoms with E-state index in [1.54, 1.807) is 41.1 Å². The zero-order valence-electron chi connectivity index (χ0n) is 48.2. The van der Waals surface area contributed by atoms with Crippen molar-refractivity contribution in [2.24, 2.45) is 41.4 Å². The van der Waals surface area contributed by atoms with E-state index in [1.807, 2.05) is 38.2 Å². The van der Waals surface area contributed by atoms with Crippen molar-refractivity contribution in [1.82, 2.24) is 9.80 Å². The average Bonchev–Trinajstić information content (AvgIpc) is 3.40. The number of carbonyl (C=O) groups excluding carboxylic acids is 5. The monoisotopic (exact) mass is 1080 g/mol. The number of fused-ring (bicyclic) bond motifs is 3. The molecule has 0 aromatic rings. The molecule has 1 aliphatic carbocycles. The average molecular weight is 1080 g/mol. The van der Waals surface area contributed by atoms with Crippen molar-refractivity contribution in [3.05, 3.63) is 59.8 Å². The number of carbonyl (C=O) groups is 5. The molecule has 0 aromatic heterocycles. The van der Waals surface area contributed by atoms with Crippen LogP contribution in [0, 0.1) is 41.4 Å². The quantitative estimate of drug-likeness (QED) is 0.102. The van der Waals surface area contributed by atoms with Gasteiger partial charge in [-0.15, -0.1) is 0 Å². The molecule has 3 N–H and O–H groups in total. The molecule has 0 aromatic carbocycles. The summed E-state index contributed by atoms with van der Waals surface area (Å²) in [6, 6.07) is -1.15. The number of likely N-dealkylation sites (tertiary alicyclic amines) is 1. The number of amides is 1. The van der Waals surface area contributed by atoms with E-state index in [0.29, 0.717) is 69.3 Å². The number of piperidine rings is 2. The first kappa shape index (κ1) is 64.0. The van der Waals surface area contributed by atoms with Crippen molar-refractivity contribution < 1.29 is 67.7 Å². The summed E-state index contributed by atoms with van der Waals surface area (Å²) in [5.41, 5.74) is 2.17. The molecule has 2 bridgehead atoms. The van der Waals surface area contributed by atoms with Crippen molar-refractivity contribution >= 4 is 29.4 Å². The maximum atomic E-state index is 14.6. The Kier molecular flexibility index (Phi) is 25.5. The third-order valence-corrected chi connectivity index (χ3v) is 17.6. The molecule has 4 heterocycles. The first-order valence-electron chi connectivity index (χ1n) is 28.8. The number of aliphatic hydroxyl groups is 3. The van der Waals surface area contributed by atoms with Crippen LogP contribution in [0.1, 0.15) is 145 Å². The second kappa shape index (κ2) is 30.6. The Morgan fingerprint density at radius 1 is 0.844 bits per heavy atom. The Bertz CT molecular complexity index is 2100. The molecule has 1 saturated carbocycles. The van der Waals surface area contributed by atoms with Crippen molar-refractivity contribution in [3.63, 3.8) is 0 Å². The highest BCUT2D eigenvalue weighted by molar-refractivity contribution is 6.39. The number of nitrogens with zero attached hydrogens (tertiary/aromatic N) is 2. The Morgan fingerprint density at radius 2 is 1.57 bits per heavy atom. The number of ether oxygens (including phenoxy) is 6. The molecule has 5 rings (SSSR count). The van der Waals surface area contributed by atoms with Gasteiger partial charge in [0.2, 0.25) is 5.79 Å². The van der Waals surface area contributed by atoms with Gasteiger partial charge in [0.25, 0.3) is 11.7 Å². The molecule has 77 heavy (non-hydrogen) atoms. The first-order valence-corrected chi connectivity index (χ1v) is 28.8. The molecular weight excluding hydrogens is 985 g/mol. The lowest BCUT2D eigenvalue weighted by molar-refractivity contribution is -0.265. The van der Waals surface area contributed by atoms with Crippen LogP contribution in [0.4, 0.5) is 0 Å². The fraction of sp³-hybridized carbons (Fsp3) is 0.754. The summed E-state index contributed by atoms with van der Waals surface area (Å²) in [5, 5.41) is 33.1. The fourth-order valence-electron chi connectivity index (χ4n) is 12.4. The minimum Gasteiger partial charge on any atom is -0.460 e. The lowest BCUT2D eigenvalue weighted by Crippen LogP contribution is -2.61. The summed E-state index contributed by atoms with van der Waals surface area (Å²) in [4.78, 5) is 74.4. The standard InChI is InChI=1S/C61H96N2O14/c1-38-17-13-12-14-18-39(2)52(72-9)35-48-22-20-44(7)61(71,77-48)58(68)59(69)63-27-16-15-19-49(63)60(70)76-53(36-50(65)41(4)32-43(6)56(67)57(74-11)45(8)40(3)31-38)42(5)33-47-21-23-51(54(34-47)73-10)75-55(66)37-62-28-24-46(25-29-62)26-30-64/h12-14,17-18,32,38,40-42,44,46-49,51-54,56-57,64,67,71H,8,15-16,19-31,33-37H2,1-7,9-11H3/b14-12+,17-13+,39-18+,43-32+/t38-,40-,41-,42-,44-,47+,48+,49+,51-,52+,53+,54-,56-,57+,61-/m1/s1. The number of cyclic esters (lactones) is 1. The SMILES string of the molecule is C=C1[C@H](C)C[C@H](C)/C=C/C=C/C=C(\C)[C@@H](OC)C[C@@H]2CC[C@@H](C)[C@@](O)(O2)C(=O)C(=O)N2CCCC[C@H]2C(=O)O[C@H]([C@H](C)C[C@@H]2CC[C@@H](OC(=O)CN3CCC(CCO)CC3)[C@H](OC)C2)CC(=O)[C@H](C)/C=C(\C)[C@@H](O)[C@H]1OC. The smallest absolute Gasteiger partial charge is 0.329 e. The van der Waals surface area contributed by atoms with Crippen LogP contribution in [0.2, 0.25) is 0 Å². The van der Waals surface area contributed by atoms with Gasteiger partial charge >= 0.3 is 11.9 Å². The molecule has 0 spiro atoms. The number of hydrogen-bond acceptors (Lipinski definition) is 15. The van der Waals surface area contributed by atoms with E-state index in [-0.39, 0.29) is 74.1 Å². The van der Waals surface area contributed by atoms with Crippen LogP contribution in [-0.2, 0) is 52.4 Å². The highest BCUT2D eigenvalue weighted by atomic mass is 16.6. The zero-order valence-corrected chi connectivity index (χ0v) is 48.2. The molecule has 0 unspecified atom stereocenters. The van der Waals surface area contributed by atoms with Crippen molar-refractivity contribution in [2.45, 2.75) is 199 Å². The highest BCUT2D eigenvalue weighted by Gasteiger charge is 2.53. The maximum absolute atomic E-state index is 14.6. The fourth-order valence-corrected chi connectivity index (χ4v) is 12.4. The van der Waals surface area contributed by atoms with Crippen LogP contribution in [0.25, 0.3) is 0 Å². The summed E-state index contributed by atoms with van der Waals surface area (Å²) < 4.78 is 36.3. The van der Waals surface area contributed by atoms with Gasteiger partial charge in [-0.25, -0.2) is 4.79 Å². The van der Waals surface area contributed by atoms with E-state index < -0.39 is 77.9 Å². The summed E-state index contributed by atoms with van der Waals surface area (Å²) in [5.74, 6) is -6.95. The minimum absolute atomic E-state index is 0.0167. The minimum atomic E-state index is -2.44. The number of esters is 2. The van der Waals surface area contributed by atoms with E-state index in [9.17, 15) is 39.3 Å². The van der Waals surface area contributed by atoms with E-state index >= 15 is 0 Å². The van der Waals surface area contributed by atoms with Crippen LogP contribution >= 0.6 is 0 Å². The Labute approximate surface area is 460 Å². The number of ketones is 2. The van der Waals surface area contributed by atoms with Crippen molar-refractivity contribution in [3.8, 4) is 0 Å². The predicted molar refractivity (Wildman–Crippen MR) is 294 cm³/mol. The van der Waals surface area contributed by atoms with Gasteiger partial charge in [0, 0.05) is 59.2 Å². The van der Waals surface area contributed by atoms with Gasteiger partial charge in [-0.2, -0.15) is 0 Å². The third kappa shape index (κ3) is 17.8. The van der Waals surface area contributed by atoms with E-state index in [0.717, 1.165) is 49.9 Å². The van der Waals surface area contributed by atoms with Crippen molar-refractivity contribution in [2.75, 3.05) is 54.1 Å². The van der Waals surface area contributed by atoms with Crippen LogP contribution in [0.15, 0.2) is 59.8 Å². The Morgan fingerprint density at radius 3 is 2.25 bits per heavy atom. The van der Waals surface area contributed by atoms with Crippen LogP contribution in [-0.4, -0.2) is 163 Å². The number of Topliss-reactive ketones (excluding diaryl/α,β-unsaturated/α-hetero) is 2. The number of allylic oxidation sites excluding steroid dienone is 6. The van der Waals surface area contributed by atoms with E-state index in [2.05, 4.69) is 31.4 Å². The highest BCUT2D eigenvalue weighted by Crippen LogP contribution is 2.38. The first-order chi connectivity index (χ1) is 36.6. The molecule has 16 heteroatoms. The van der Waals surface area contributed by atoms with Gasteiger partial charge in [0.05, 0.1) is 24.9 Å². The predicted octanol–water partition coefficient (Wildman–Crippen LogP) is 7.81. The number of aliphatic hydroxyl groups excluding tert-OH is 2. The van der Waals surface area contributed by atoms with Crippen LogP contribution in [0.3, 0.4) is 0 Å². The van der Waals surface area contributed by atoms with Gasteiger partial charge in [-0.05, 0) is 157 Å². The van der Waals surface area contributed by atoms with Gasteiger partial charge in [0.1, 0.15) is 36.2 Å². The molecule has 16 nitrogen and oxygen atoms in total. The lowest BCUT2D eigenvalue weighted by atomic mass is 9.78. The third-order valence-electron chi connectivity index (χ3n) is 17.6. The van der Waals surface area contributed by atoms with Crippen LogP contribution < -0.4 is 0 Å². The van der Waals surface area contributed by atoms with E-state index in [1.165, 1.54) is 12.0 Å². The molecule has 434 valence electrons. The molecule has 4 fully saturated rings. The van der Waals surface area contributed by atoms with Gasteiger partial charge in [-0.3, -0.25) is 24.1 Å². The van der Waals surface area contributed by atoms with Gasteiger partial charge in [-0.1, -0.05) is 77.7 Å². The Balaban J connectivity index is 1.40. The second-order valence-electron chi connectivity index (χ2n) is 23.5. The zero-order chi connectivity index (χ0) is 56.6.